The number of carboxylic acids is 2. The molecule has 7 N–H and O–H groups in total. The summed E-state index contributed by atoms with van der Waals surface area (Å²) in [5.41, 5.74) is 4.47. The lowest BCUT2D eigenvalue weighted by atomic mass is 9.99. The highest BCUT2D eigenvalue weighted by Gasteiger charge is 2.56. The first-order valence-electron chi connectivity index (χ1n) is 17.8. The number of aromatic hydroxyl groups is 2. The van der Waals surface area contributed by atoms with Crippen molar-refractivity contribution in [3.63, 3.8) is 0 Å². The Kier molecular flexibility index (Phi) is 11.2. The Hall–Kier alpha value is -5.14. The molecule has 4 heterocycles. The molecule has 2 aromatic heterocycles. The number of β-lactam (4-membered cyclic amide) rings is 1. The van der Waals surface area contributed by atoms with Crippen molar-refractivity contribution in [2.75, 3.05) is 18.8 Å². The van der Waals surface area contributed by atoms with Crippen LogP contribution in [0.3, 0.4) is 0 Å². The topological polar surface area (TPSA) is 250 Å². The first-order chi connectivity index (χ1) is 26.0. The molecule has 1 saturated heterocycles. The number of nitrogens with one attached hydrogen (secondary N) is 1. The number of anilines is 1. The van der Waals surface area contributed by atoms with Gasteiger partial charge in [-0.25, -0.2) is 14.6 Å². The van der Waals surface area contributed by atoms with Crippen LogP contribution in [-0.4, -0.2) is 105 Å². The van der Waals surface area contributed by atoms with E-state index in [9.17, 15) is 44.4 Å². The van der Waals surface area contributed by atoms with Crippen LogP contribution in [0, 0.1) is 0 Å². The number of pyridine rings is 1. The van der Waals surface area contributed by atoms with Crippen LogP contribution in [-0.2, 0) is 30.6 Å². The van der Waals surface area contributed by atoms with Crippen molar-refractivity contribution < 1.29 is 44.4 Å². The number of oxime groups is 1. The van der Waals surface area contributed by atoms with E-state index in [1.54, 1.807) is 6.20 Å². The second kappa shape index (κ2) is 15.5. The van der Waals surface area contributed by atoms with Gasteiger partial charge in [0.1, 0.15) is 22.8 Å². The van der Waals surface area contributed by atoms with E-state index in [0.29, 0.717) is 23.2 Å². The number of hydrogen-bond donors (Lipinski definition) is 6. The molecule has 2 aliphatic heterocycles. The van der Waals surface area contributed by atoms with Crippen LogP contribution in [0.25, 0.3) is 10.9 Å². The molecule has 2 fully saturated rings. The van der Waals surface area contributed by atoms with Crippen LogP contribution in [0.1, 0.15) is 77.1 Å². The number of carboxylic acid groups (broad SMARTS) is 2. The zero-order valence-electron chi connectivity index (χ0n) is 30.6. The standard InChI is InChI=1S/C36H43N7O10S2/c1-5-6-7-10-41(13-18-14-42(19-8-9-19)23-12-25(45)24(44)11-20(23)29(18)46)15-21-17(2)55-32-27(31(48)43(32)28(21)33(49)50)39-30(47)26(22-16-54-35(37)38-22)40-53-36(3,4)34(51)52/h11-12,14,16-17,19,27,32,44-45H,5-10,13,15H2,1-4H3,(H2,37,38)(H,39,47)(H,49,50)(H,51,52)/b40-26-/t17-,27+,32+/m0/s1. The zero-order chi connectivity index (χ0) is 39.9. The Morgan fingerprint density at radius 1 is 1.13 bits per heavy atom. The first-order valence-corrected chi connectivity index (χ1v) is 19.6. The van der Waals surface area contributed by atoms with Crippen LogP contribution in [0.4, 0.5) is 5.13 Å². The van der Waals surface area contributed by atoms with E-state index in [4.69, 9.17) is 10.6 Å². The normalized spacial score (nSPS) is 20.1. The molecule has 0 spiro atoms. The van der Waals surface area contributed by atoms with Gasteiger partial charge in [0.05, 0.1) is 5.52 Å². The monoisotopic (exact) mass is 797 g/mol. The molecule has 0 bridgehead atoms. The molecule has 294 valence electrons. The second-order valence-electron chi connectivity index (χ2n) is 14.3. The number of rotatable bonds is 16. The van der Waals surface area contributed by atoms with E-state index in [2.05, 4.69) is 22.4 Å². The number of unbranched alkanes of at least 4 members (excludes halogenated alkanes) is 2. The fraction of sp³-hybridized carbons (Fsp3) is 0.472. The van der Waals surface area contributed by atoms with Gasteiger partial charge in [-0.05, 0) is 58.2 Å². The van der Waals surface area contributed by atoms with Gasteiger partial charge in [0.2, 0.25) is 5.60 Å². The molecule has 3 atom stereocenters. The number of aliphatic carboxylic acids is 2. The smallest absolute Gasteiger partial charge is 0.352 e. The number of nitrogens with zero attached hydrogens (tertiary/aromatic N) is 5. The molecule has 2 amide bonds. The summed E-state index contributed by atoms with van der Waals surface area (Å²) in [5, 5.41) is 47.4. The molecule has 1 aliphatic carbocycles. The van der Waals surface area contributed by atoms with Crippen molar-refractivity contribution in [1.82, 2.24) is 24.7 Å². The number of phenolic OH excluding ortho intramolecular Hbond substituents is 2. The van der Waals surface area contributed by atoms with E-state index in [1.165, 1.54) is 43.1 Å². The van der Waals surface area contributed by atoms with Crippen LogP contribution < -0.4 is 16.5 Å². The average Bonchev–Trinajstić information content (AvgIpc) is 3.89. The molecule has 1 aromatic carbocycles. The van der Waals surface area contributed by atoms with Crippen LogP contribution >= 0.6 is 23.1 Å². The predicted octanol–water partition coefficient (Wildman–Crippen LogP) is 3.19. The average molecular weight is 798 g/mol. The minimum absolute atomic E-state index is 0.00342. The van der Waals surface area contributed by atoms with Gasteiger partial charge in [-0.15, -0.1) is 23.1 Å². The van der Waals surface area contributed by atoms with Crippen LogP contribution in [0.15, 0.2) is 44.9 Å². The number of hydrogen-bond acceptors (Lipinski definition) is 14. The summed E-state index contributed by atoms with van der Waals surface area (Å²) in [7, 11) is 0. The number of amides is 2. The van der Waals surface area contributed by atoms with E-state index in [-0.39, 0.29) is 52.2 Å². The molecule has 17 nitrogen and oxygen atoms in total. The van der Waals surface area contributed by atoms with Crippen LogP contribution in [0.5, 0.6) is 11.5 Å². The lowest BCUT2D eigenvalue weighted by Gasteiger charge is -2.51. The van der Waals surface area contributed by atoms with Crippen molar-refractivity contribution in [1.29, 1.82) is 0 Å². The summed E-state index contributed by atoms with van der Waals surface area (Å²) in [5.74, 6) is -4.95. The maximum Gasteiger partial charge on any atom is 0.352 e. The lowest BCUT2D eigenvalue weighted by Crippen LogP contribution is -2.71. The third-order valence-electron chi connectivity index (χ3n) is 9.78. The Bertz CT molecular complexity index is 2180. The van der Waals surface area contributed by atoms with Crippen molar-refractivity contribution in [2.45, 2.75) is 94.7 Å². The largest absolute Gasteiger partial charge is 0.504 e. The number of fused-ring (bicyclic) bond motifs is 2. The third kappa shape index (κ3) is 7.99. The van der Waals surface area contributed by atoms with E-state index >= 15 is 0 Å². The Labute approximate surface area is 323 Å². The Morgan fingerprint density at radius 2 is 1.84 bits per heavy atom. The highest BCUT2D eigenvalue weighted by atomic mass is 32.2. The van der Waals surface area contributed by atoms with Gasteiger partial charge in [-0.1, -0.05) is 24.9 Å². The molecular weight excluding hydrogens is 755 g/mol. The number of thiazole rings is 1. The second-order valence-corrected chi connectivity index (χ2v) is 16.7. The number of nitrogen functional groups attached to an aromatic ring is 1. The summed E-state index contributed by atoms with van der Waals surface area (Å²) >= 11 is 2.31. The van der Waals surface area contributed by atoms with Gasteiger partial charge < -0.3 is 40.9 Å². The number of aromatic nitrogens is 2. The Morgan fingerprint density at radius 3 is 2.45 bits per heavy atom. The van der Waals surface area contributed by atoms with Gasteiger partial charge in [0.15, 0.2) is 27.8 Å². The molecule has 3 aromatic rings. The number of nitrogens with two attached hydrogens (primary N) is 1. The minimum Gasteiger partial charge on any atom is -0.504 e. The highest BCUT2D eigenvalue weighted by molar-refractivity contribution is 8.00. The maximum absolute atomic E-state index is 13.8. The number of carbonyl (C=O) groups is 4. The molecule has 0 unspecified atom stereocenters. The summed E-state index contributed by atoms with van der Waals surface area (Å²) in [4.78, 5) is 78.0. The Balaban J connectivity index is 1.28. The van der Waals surface area contributed by atoms with Gasteiger partial charge in [-0.3, -0.25) is 24.2 Å². The van der Waals surface area contributed by atoms with E-state index in [0.717, 1.165) is 48.3 Å². The summed E-state index contributed by atoms with van der Waals surface area (Å²) in [6, 6.07) is 1.66. The third-order valence-corrected chi connectivity index (χ3v) is 11.9. The quantitative estimate of drug-likeness (QED) is 0.0401. The van der Waals surface area contributed by atoms with E-state index < -0.39 is 57.5 Å². The molecule has 1 saturated carbocycles. The first kappa shape index (κ1) is 39.6. The molecule has 55 heavy (non-hydrogen) atoms. The minimum atomic E-state index is -1.80. The number of phenols is 2. The fourth-order valence-electron chi connectivity index (χ4n) is 6.54. The van der Waals surface area contributed by atoms with Crippen molar-refractivity contribution in [2.24, 2.45) is 5.16 Å². The maximum atomic E-state index is 13.8. The summed E-state index contributed by atoms with van der Waals surface area (Å²) in [6.45, 7) is 7.19. The summed E-state index contributed by atoms with van der Waals surface area (Å²) in [6.07, 6.45) is 6.19. The number of thioether (sulfide) groups is 1. The number of carbonyl (C=O) groups excluding carboxylic acids is 2. The molecule has 6 rings (SSSR count). The SMILES string of the molecule is CCCCCN(CC1=C(C(=O)O)N2C(=O)[C@@H](NC(=O)/C(=N\OC(C)(C)C(=O)O)c3csc(N)n3)[C@H]2S[C@H]1C)Cc1cn(C2CC2)c2cc(O)c(O)cc2c1=O. The highest BCUT2D eigenvalue weighted by Crippen LogP contribution is 2.45. The zero-order valence-corrected chi connectivity index (χ0v) is 32.3. The fourth-order valence-corrected chi connectivity index (χ4v) is 8.53. The van der Waals surface area contributed by atoms with Crippen molar-refractivity contribution in [3.8, 4) is 11.5 Å². The van der Waals surface area contributed by atoms with E-state index in [1.807, 2.05) is 16.4 Å². The van der Waals surface area contributed by atoms with Crippen molar-refractivity contribution in [3.05, 3.63) is 56.5 Å². The van der Waals surface area contributed by atoms with Gasteiger partial charge >= 0.3 is 11.9 Å². The van der Waals surface area contributed by atoms with Gasteiger partial charge in [-0.2, -0.15) is 0 Å². The lowest BCUT2D eigenvalue weighted by molar-refractivity contribution is -0.161. The molecule has 0 radical (unpaired) electrons. The predicted molar refractivity (Wildman–Crippen MR) is 205 cm³/mol. The van der Waals surface area contributed by atoms with Gasteiger partial charge in [0.25, 0.3) is 11.8 Å². The summed E-state index contributed by atoms with van der Waals surface area (Å²) < 4.78 is 1.95. The van der Waals surface area contributed by atoms with Gasteiger partial charge in [0, 0.05) is 53.0 Å². The molecule has 19 heteroatoms. The van der Waals surface area contributed by atoms with Crippen molar-refractivity contribution >= 4 is 68.6 Å². The molecule has 3 aliphatic rings. The number of benzene rings is 1. The molecular formula is C36H43N7O10S2. The van der Waals surface area contributed by atoms with Crippen LogP contribution in [0.2, 0.25) is 0 Å².